The fourth-order valence-electron chi connectivity index (χ4n) is 1.39. The first-order valence-corrected chi connectivity index (χ1v) is 4.60. The van der Waals surface area contributed by atoms with Crippen molar-refractivity contribution in [3.05, 3.63) is 35.5 Å². The molecule has 1 aliphatic rings. The highest BCUT2D eigenvalue weighted by Gasteiger charge is 2.23. The molecular weight excluding hydrogens is 160 g/mol. The lowest BCUT2D eigenvalue weighted by atomic mass is 10.0. The summed E-state index contributed by atoms with van der Waals surface area (Å²) in [6.07, 6.45) is 4.24. The highest BCUT2D eigenvalue weighted by molar-refractivity contribution is 5.42. The summed E-state index contributed by atoms with van der Waals surface area (Å²) in [7, 11) is 0. The van der Waals surface area contributed by atoms with Gasteiger partial charge in [0.15, 0.2) is 0 Å². The van der Waals surface area contributed by atoms with Gasteiger partial charge in [-0.3, -0.25) is 0 Å². The highest BCUT2D eigenvalue weighted by Crippen LogP contribution is 2.26. The molecule has 0 unspecified atom stereocenters. The average molecular weight is 178 g/mol. The summed E-state index contributed by atoms with van der Waals surface area (Å²) < 4.78 is 5.57. The first-order chi connectivity index (χ1) is 5.91. The summed E-state index contributed by atoms with van der Waals surface area (Å²) in [5.41, 5.74) is 3.45. The number of allylic oxidation sites excluding steroid dienone is 2. The van der Waals surface area contributed by atoms with Gasteiger partial charge in [0.2, 0.25) is 0 Å². The zero-order chi connectivity index (χ0) is 10.1. The maximum Gasteiger partial charge on any atom is 0.0817 e. The quantitative estimate of drug-likeness (QED) is 0.590. The van der Waals surface area contributed by atoms with Crippen LogP contribution in [0, 0.1) is 0 Å². The Morgan fingerprint density at radius 3 is 2.54 bits per heavy atom. The van der Waals surface area contributed by atoms with E-state index in [4.69, 9.17) is 4.74 Å². The lowest BCUT2D eigenvalue weighted by molar-refractivity contribution is 0.0560. The fourth-order valence-corrected chi connectivity index (χ4v) is 1.39. The molecule has 1 rings (SSSR count). The Labute approximate surface area is 80.8 Å². The van der Waals surface area contributed by atoms with Crippen molar-refractivity contribution in [2.24, 2.45) is 0 Å². The van der Waals surface area contributed by atoms with Crippen LogP contribution < -0.4 is 0 Å². The Hall–Kier alpha value is -0.820. The third kappa shape index (κ3) is 2.85. The van der Waals surface area contributed by atoms with E-state index in [1.165, 1.54) is 11.1 Å². The van der Waals surface area contributed by atoms with Crippen LogP contribution in [-0.2, 0) is 4.74 Å². The second kappa shape index (κ2) is 3.51. The van der Waals surface area contributed by atoms with Gasteiger partial charge in [0.1, 0.15) is 0 Å². The number of rotatable bonds is 2. The van der Waals surface area contributed by atoms with Crippen LogP contribution in [0.2, 0.25) is 0 Å². The van der Waals surface area contributed by atoms with Crippen molar-refractivity contribution in [3.8, 4) is 0 Å². The van der Waals surface area contributed by atoms with Gasteiger partial charge < -0.3 is 4.74 Å². The van der Waals surface area contributed by atoms with Gasteiger partial charge in [-0.1, -0.05) is 18.2 Å². The van der Waals surface area contributed by atoms with Crippen LogP contribution >= 0.6 is 0 Å². The van der Waals surface area contributed by atoms with Crippen molar-refractivity contribution in [1.82, 2.24) is 0 Å². The lowest BCUT2D eigenvalue weighted by Gasteiger charge is -2.12. The molecule has 0 amide bonds. The van der Waals surface area contributed by atoms with E-state index in [-0.39, 0.29) is 5.60 Å². The molecule has 13 heavy (non-hydrogen) atoms. The minimum Gasteiger partial charge on any atom is -0.367 e. The third-order valence-corrected chi connectivity index (χ3v) is 2.00. The van der Waals surface area contributed by atoms with Gasteiger partial charge in [-0.2, -0.15) is 0 Å². The molecule has 0 radical (unpaired) electrons. The summed E-state index contributed by atoms with van der Waals surface area (Å²) in [4.78, 5) is 0. The Morgan fingerprint density at radius 2 is 2.15 bits per heavy atom. The Kier molecular flexibility index (Phi) is 2.77. The molecule has 1 aliphatic heterocycles. The van der Waals surface area contributed by atoms with Gasteiger partial charge in [-0.25, -0.2) is 0 Å². The molecule has 0 fully saturated rings. The van der Waals surface area contributed by atoms with Crippen LogP contribution in [-0.4, -0.2) is 12.2 Å². The van der Waals surface area contributed by atoms with Crippen molar-refractivity contribution in [2.45, 2.75) is 33.3 Å². The minimum absolute atomic E-state index is 0.117. The topological polar surface area (TPSA) is 9.23 Å². The maximum absolute atomic E-state index is 5.57. The first-order valence-electron chi connectivity index (χ1n) is 4.60. The number of ether oxygens (including phenoxy) is 1. The van der Waals surface area contributed by atoms with Gasteiger partial charge in [0.25, 0.3) is 0 Å². The first kappa shape index (κ1) is 10.3. The van der Waals surface area contributed by atoms with Gasteiger partial charge in [0, 0.05) is 0 Å². The van der Waals surface area contributed by atoms with Crippen LogP contribution in [0.4, 0.5) is 0 Å². The standard InChI is InChI=1S/C12H18O/c1-9(2)6-10(3)11-7-12(4,5)13-8-11/h6-7H,3,8H2,1-2,4-5H3. The summed E-state index contributed by atoms with van der Waals surface area (Å²) in [5, 5.41) is 0. The molecule has 0 bridgehead atoms. The van der Waals surface area contributed by atoms with Gasteiger partial charge in [-0.05, 0) is 44.9 Å². The Bertz CT molecular complexity index is 275. The monoisotopic (exact) mass is 178 g/mol. The van der Waals surface area contributed by atoms with E-state index < -0.39 is 0 Å². The average Bonchev–Trinajstić information content (AvgIpc) is 2.28. The van der Waals surface area contributed by atoms with Crippen LogP contribution in [0.3, 0.4) is 0 Å². The molecule has 72 valence electrons. The van der Waals surface area contributed by atoms with Crippen molar-refractivity contribution in [1.29, 1.82) is 0 Å². The number of hydrogen-bond acceptors (Lipinski definition) is 1. The van der Waals surface area contributed by atoms with Crippen molar-refractivity contribution in [3.63, 3.8) is 0 Å². The van der Waals surface area contributed by atoms with E-state index in [9.17, 15) is 0 Å². The molecule has 1 heterocycles. The fraction of sp³-hybridized carbons (Fsp3) is 0.500. The summed E-state index contributed by atoms with van der Waals surface area (Å²) >= 11 is 0. The predicted molar refractivity (Wildman–Crippen MR) is 56.7 cm³/mol. The summed E-state index contributed by atoms with van der Waals surface area (Å²) in [6.45, 7) is 13.0. The highest BCUT2D eigenvalue weighted by atomic mass is 16.5. The van der Waals surface area contributed by atoms with E-state index in [1.54, 1.807) is 0 Å². The number of hydrogen-bond donors (Lipinski definition) is 0. The predicted octanol–water partition coefficient (Wildman–Crippen LogP) is 3.24. The molecule has 0 aromatic carbocycles. The summed E-state index contributed by atoms with van der Waals surface area (Å²) in [5.74, 6) is 0. The molecule has 0 atom stereocenters. The zero-order valence-corrected chi connectivity index (χ0v) is 8.98. The normalized spacial score (nSPS) is 19.5. The van der Waals surface area contributed by atoms with E-state index in [1.807, 2.05) is 0 Å². The Morgan fingerprint density at radius 1 is 1.54 bits per heavy atom. The molecule has 0 aromatic heterocycles. The maximum atomic E-state index is 5.57. The summed E-state index contributed by atoms with van der Waals surface area (Å²) in [6, 6.07) is 0. The van der Waals surface area contributed by atoms with Crippen LogP contribution in [0.1, 0.15) is 27.7 Å². The molecular formula is C12H18O. The van der Waals surface area contributed by atoms with Crippen LogP contribution in [0.25, 0.3) is 0 Å². The SMILES string of the molecule is C=C(C=C(C)C)C1=CC(C)(C)OC1. The zero-order valence-electron chi connectivity index (χ0n) is 8.98. The molecule has 0 aliphatic carbocycles. The smallest absolute Gasteiger partial charge is 0.0817 e. The van der Waals surface area contributed by atoms with Crippen molar-refractivity contribution >= 4 is 0 Å². The molecule has 0 N–H and O–H groups in total. The molecule has 0 spiro atoms. The molecule has 0 saturated carbocycles. The second-order valence-corrected chi connectivity index (χ2v) is 4.31. The van der Waals surface area contributed by atoms with E-state index in [2.05, 4.69) is 46.4 Å². The van der Waals surface area contributed by atoms with Crippen molar-refractivity contribution in [2.75, 3.05) is 6.61 Å². The molecule has 1 heteroatoms. The molecule has 0 saturated heterocycles. The Balaban J connectivity index is 2.76. The lowest BCUT2D eigenvalue weighted by Crippen LogP contribution is -2.15. The molecule has 1 nitrogen and oxygen atoms in total. The van der Waals surface area contributed by atoms with Crippen LogP contribution in [0.5, 0.6) is 0 Å². The largest absolute Gasteiger partial charge is 0.367 e. The minimum atomic E-state index is -0.117. The van der Waals surface area contributed by atoms with Gasteiger partial charge >= 0.3 is 0 Å². The third-order valence-electron chi connectivity index (χ3n) is 2.00. The second-order valence-electron chi connectivity index (χ2n) is 4.31. The molecule has 0 aromatic rings. The van der Waals surface area contributed by atoms with Crippen molar-refractivity contribution < 1.29 is 4.74 Å². The van der Waals surface area contributed by atoms with Gasteiger partial charge in [0.05, 0.1) is 12.2 Å². The van der Waals surface area contributed by atoms with E-state index in [0.717, 1.165) is 5.57 Å². The van der Waals surface area contributed by atoms with Gasteiger partial charge in [-0.15, -0.1) is 0 Å². The van der Waals surface area contributed by atoms with E-state index in [0.29, 0.717) is 6.61 Å². The van der Waals surface area contributed by atoms with E-state index >= 15 is 0 Å². The van der Waals surface area contributed by atoms with Crippen LogP contribution in [0.15, 0.2) is 35.5 Å².